The average molecular weight is 520 g/mol. The molecule has 4 heterocycles. The molecule has 0 amide bonds. The first-order valence-electron chi connectivity index (χ1n) is 11.8. The standard InChI is InChI=1S/C25H29N9O2S/c1-6-8-33-24(35)20-12-27-25(28-18-10-16(2)19-7-9-32(3)15-17(19)11-18)30-23(20)34(33)22-14-26-13-21(29-22)31-37(4,5)36/h6,10-14H,1,7-9,15H2,2-5H3,(H,27,28,30). The summed E-state index contributed by atoms with van der Waals surface area (Å²) < 4.78 is 19.4. The Kier molecular flexibility index (Phi) is 6.38. The summed E-state index contributed by atoms with van der Waals surface area (Å²) in [6.07, 6.45) is 10.1. The highest BCUT2D eigenvalue weighted by Gasteiger charge is 2.20. The van der Waals surface area contributed by atoms with Gasteiger partial charge in [-0.1, -0.05) is 6.08 Å². The van der Waals surface area contributed by atoms with Gasteiger partial charge in [0.15, 0.2) is 17.3 Å². The summed E-state index contributed by atoms with van der Waals surface area (Å²) in [5, 5.41) is 3.63. The number of hydrogen-bond acceptors (Lipinski definition) is 9. The molecule has 0 radical (unpaired) electrons. The highest BCUT2D eigenvalue weighted by atomic mass is 32.2. The lowest BCUT2D eigenvalue weighted by Crippen LogP contribution is -2.27. The Labute approximate surface area is 215 Å². The first-order chi connectivity index (χ1) is 17.6. The summed E-state index contributed by atoms with van der Waals surface area (Å²) in [7, 11) is -0.331. The molecule has 0 bridgehead atoms. The summed E-state index contributed by atoms with van der Waals surface area (Å²) in [6, 6.07) is 4.22. The molecule has 5 rings (SSSR count). The molecule has 37 heavy (non-hydrogen) atoms. The van der Waals surface area contributed by atoms with Crippen molar-refractivity contribution in [1.82, 2.24) is 34.2 Å². The number of anilines is 2. The Bertz CT molecular complexity index is 1710. The second-order valence-corrected chi connectivity index (χ2v) is 12.0. The number of likely N-dealkylation sites (N-methyl/N-ethyl adjacent to an activating group) is 1. The summed E-state index contributed by atoms with van der Waals surface area (Å²) in [4.78, 5) is 33.3. The van der Waals surface area contributed by atoms with Crippen LogP contribution in [0.25, 0.3) is 16.9 Å². The van der Waals surface area contributed by atoms with Gasteiger partial charge < -0.3 is 10.2 Å². The molecule has 0 aliphatic carbocycles. The highest BCUT2D eigenvalue weighted by Crippen LogP contribution is 2.27. The maximum absolute atomic E-state index is 13.2. The molecule has 192 valence electrons. The van der Waals surface area contributed by atoms with E-state index >= 15 is 0 Å². The van der Waals surface area contributed by atoms with Crippen molar-refractivity contribution in [2.24, 2.45) is 4.36 Å². The first-order valence-corrected chi connectivity index (χ1v) is 14.1. The van der Waals surface area contributed by atoms with Crippen LogP contribution in [0, 0.1) is 6.92 Å². The van der Waals surface area contributed by atoms with Gasteiger partial charge in [0, 0.05) is 47.2 Å². The van der Waals surface area contributed by atoms with Crippen molar-refractivity contribution in [2.75, 3.05) is 31.4 Å². The van der Waals surface area contributed by atoms with E-state index in [4.69, 9.17) is 4.98 Å². The Balaban J connectivity index is 1.62. The summed E-state index contributed by atoms with van der Waals surface area (Å²) >= 11 is 0. The van der Waals surface area contributed by atoms with Crippen LogP contribution in [0.5, 0.6) is 0 Å². The van der Waals surface area contributed by atoms with E-state index in [1.54, 1.807) is 10.8 Å². The maximum Gasteiger partial charge on any atom is 0.278 e. The van der Waals surface area contributed by atoms with Crippen molar-refractivity contribution in [3.05, 3.63) is 70.4 Å². The number of hydrogen-bond donors (Lipinski definition) is 1. The van der Waals surface area contributed by atoms with Crippen LogP contribution in [-0.2, 0) is 29.2 Å². The minimum Gasteiger partial charge on any atom is -0.324 e. The van der Waals surface area contributed by atoms with E-state index in [2.05, 4.69) is 62.2 Å². The summed E-state index contributed by atoms with van der Waals surface area (Å²) in [5.74, 6) is 0.865. The number of fused-ring (bicyclic) bond motifs is 2. The van der Waals surface area contributed by atoms with Crippen LogP contribution in [0.3, 0.4) is 0 Å². The highest BCUT2D eigenvalue weighted by molar-refractivity contribution is 7.92. The third kappa shape index (κ3) is 5.02. The molecule has 0 saturated heterocycles. The van der Waals surface area contributed by atoms with Crippen LogP contribution in [-0.4, -0.2) is 64.5 Å². The van der Waals surface area contributed by atoms with E-state index in [0.717, 1.165) is 25.2 Å². The van der Waals surface area contributed by atoms with E-state index in [1.165, 1.54) is 52.5 Å². The first kappa shape index (κ1) is 24.8. The third-order valence-corrected chi connectivity index (χ3v) is 6.75. The average Bonchev–Trinajstić information content (AvgIpc) is 3.09. The Hall–Kier alpha value is -3.90. The number of allylic oxidation sites excluding steroid dienone is 1. The quantitative estimate of drug-likeness (QED) is 0.386. The predicted octanol–water partition coefficient (Wildman–Crippen LogP) is 2.96. The number of nitrogens with zero attached hydrogens (tertiary/aromatic N) is 8. The van der Waals surface area contributed by atoms with Gasteiger partial charge in [-0.2, -0.15) is 9.35 Å². The van der Waals surface area contributed by atoms with Gasteiger partial charge in [-0.3, -0.25) is 9.78 Å². The van der Waals surface area contributed by atoms with Crippen molar-refractivity contribution < 1.29 is 4.21 Å². The Morgan fingerprint density at radius 1 is 1.22 bits per heavy atom. The fraction of sp³-hybridized carbons (Fsp3) is 0.320. The molecule has 1 aliphatic heterocycles. The smallest absolute Gasteiger partial charge is 0.278 e. The number of rotatable bonds is 6. The Morgan fingerprint density at radius 3 is 2.78 bits per heavy atom. The molecular formula is C25H29N9O2S. The molecule has 0 spiro atoms. The predicted molar refractivity (Wildman–Crippen MR) is 145 cm³/mol. The van der Waals surface area contributed by atoms with Crippen LogP contribution in [0.4, 0.5) is 17.5 Å². The minimum absolute atomic E-state index is 0.203. The largest absolute Gasteiger partial charge is 0.324 e. The van der Waals surface area contributed by atoms with E-state index < -0.39 is 9.73 Å². The fourth-order valence-electron chi connectivity index (χ4n) is 4.59. The topological polar surface area (TPSA) is 123 Å². The van der Waals surface area contributed by atoms with Gasteiger partial charge in [0.05, 0.1) is 18.9 Å². The van der Waals surface area contributed by atoms with Gasteiger partial charge in [0.25, 0.3) is 5.56 Å². The van der Waals surface area contributed by atoms with E-state index in [0.29, 0.717) is 22.8 Å². The molecule has 1 N–H and O–H groups in total. The van der Waals surface area contributed by atoms with Crippen LogP contribution in [0.15, 0.2) is 52.5 Å². The van der Waals surface area contributed by atoms with Gasteiger partial charge >= 0.3 is 0 Å². The second-order valence-electron chi connectivity index (χ2n) is 9.47. The fourth-order valence-corrected chi connectivity index (χ4v) is 5.13. The Morgan fingerprint density at radius 2 is 2.03 bits per heavy atom. The molecule has 12 heteroatoms. The van der Waals surface area contributed by atoms with E-state index in [9.17, 15) is 9.00 Å². The molecule has 1 aromatic carbocycles. The molecule has 1 aliphatic rings. The SMILES string of the molecule is C=CCn1c(=O)c2cnc(Nc3cc(C)c4c(c3)CN(C)CC4)nc2n1-c1cncc(N=S(C)(C)=O)n1. The van der Waals surface area contributed by atoms with Crippen LogP contribution < -0.4 is 10.9 Å². The van der Waals surface area contributed by atoms with E-state index in [-0.39, 0.29) is 17.9 Å². The lowest BCUT2D eigenvalue weighted by Gasteiger charge is -2.27. The zero-order valence-electron chi connectivity index (χ0n) is 21.3. The molecule has 0 fully saturated rings. The maximum atomic E-state index is 13.2. The van der Waals surface area contributed by atoms with Gasteiger partial charge in [-0.25, -0.2) is 23.5 Å². The zero-order valence-corrected chi connectivity index (χ0v) is 22.1. The third-order valence-electron chi connectivity index (χ3n) is 6.12. The normalized spacial score (nSPS) is 13.9. The van der Waals surface area contributed by atoms with Crippen molar-refractivity contribution in [2.45, 2.75) is 26.4 Å². The minimum atomic E-state index is -2.45. The number of aryl methyl sites for hydroxylation is 1. The number of nitrogens with one attached hydrogen (secondary N) is 1. The number of aromatic nitrogens is 6. The monoisotopic (exact) mass is 519 g/mol. The van der Waals surface area contributed by atoms with Crippen LogP contribution in [0.1, 0.15) is 16.7 Å². The summed E-state index contributed by atoms with van der Waals surface area (Å²) in [5.41, 5.74) is 4.86. The van der Waals surface area contributed by atoms with Gasteiger partial charge in [0.1, 0.15) is 5.39 Å². The lowest BCUT2D eigenvalue weighted by molar-refractivity contribution is 0.312. The molecule has 4 aromatic rings. The van der Waals surface area contributed by atoms with Crippen molar-refractivity contribution in [1.29, 1.82) is 0 Å². The molecule has 0 saturated carbocycles. The molecule has 0 atom stereocenters. The van der Waals surface area contributed by atoms with Crippen molar-refractivity contribution in [3.8, 4) is 5.82 Å². The van der Waals surface area contributed by atoms with Crippen molar-refractivity contribution in [3.63, 3.8) is 0 Å². The second kappa shape index (κ2) is 9.52. The molecule has 0 unspecified atom stereocenters. The van der Waals surface area contributed by atoms with Gasteiger partial charge in [-0.15, -0.1) is 6.58 Å². The van der Waals surface area contributed by atoms with Crippen LogP contribution >= 0.6 is 0 Å². The van der Waals surface area contributed by atoms with E-state index in [1.807, 2.05) is 0 Å². The van der Waals surface area contributed by atoms with Gasteiger partial charge in [0.2, 0.25) is 5.95 Å². The lowest BCUT2D eigenvalue weighted by atomic mass is 9.94. The summed E-state index contributed by atoms with van der Waals surface area (Å²) in [6.45, 7) is 8.04. The number of benzene rings is 1. The molecule has 3 aromatic heterocycles. The van der Waals surface area contributed by atoms with Gasteiger partial charge in [-0.05, 0) is 49.2 Å². The van der Waals surface area contributed by atoms with Crippen molar-refractivity contribution >= 4 is 38.2 Å². The molecular weight excluding hydrogens is 490 g/mol. The molecule has 11 nitrogen and oxygen atoms in total. The van der Waals surface area contributed by atoms with Crippen LogP contribution in [0.2, 0.25) is 0 Å². The zero-order chi connectivity index (χ0) is 26.3.